The molecular weight excluding hydrogens is 262 g/mol. The predicted molar refractivity (Wildman–Crippen MR) is 86.7 cm³/mol. The summed E-state index contributed by atoms with van der Waals surface area (Å²) in [6.07, 6.45) is 3.71. The Labute approximate surface area is 126 Å². The van der Waals surface area contributed by atoms with Gasteiger partial charge in [0.25, 0.3) is 0 Å². The smallest absolute Gasteiger partial charge is 0.191 e. The first-order valence-electron chi connectivity index (χ1n) is 7.33. The fourth-order valence-corrected chi connectivity index (χ4v) is 1.94. The molecule has 0 aliphatic rings. The highest BCUT2D eigenvalue weighted by atomic mass is 15.3. The summed E-state index contributed by atoms with van der Waals surface area (Å²) < 4.78 is 1.84. The van der Waals surface area contributed by atoms with Crippen LogP contribution in [-0.4, -0.2) is 28.3 Å². The molecule has 0 unspecified atom stereocenters. The average molecular weight is 285 g/mol. The van der Waals surface area contributed by atoms with Crippen molar-refractivity contribution in [3.8, 4) is 5.69 Å². The van der Waals surface area contributed by atoms with Gasteiger partial charge in [-0.1, -0.05) is 12.1 Å². The first kappa shape index (κ1) is 15.1. The Kier molecular flexibility index (Phi) is 5.37. The van der Waals surface area contributed by atoms with Gasteiger partial charge in [0, 0.05) is 25.0 Å². The van der Waals surface area contributed by atoms with E-state index in [0.717, 1.165) is 18.2 Å². The minimum atomic E-state index is 0.366. The van der Waals surface area contributed by atoms with E-state index >= 15 is 0 Å². The van der Waals surface area contributed by atoms with Crippen molar-refractivity contribution in [1.82, 2.24) is 20.4 Å². The van der Waals surface area contributed by atoms with E-state index in [2.05, 4.69) is 65.8 Å². The molecule has 2 aromatic rings. The highest BCUT2D eigenvalue weighted by Gasteiger charge is 2.00. The van der Waals surface area contributed by atoms with Crippen molar-refractivity contribution in [3.63, 3.8) is 0 Å². The van der Waals surface area contributed by atoms with Crippen LogP contribution in [-0.2, 0) is 6.54 Å². The topological polar surface area (TPSA) is 54.2 Å². The maximum absolute atomic E-state index is 4.59. The third-order valence-electron chi connectivity index (χ3n) is 2.89. The number of benzene rings is 1. The first-order valence-corrected chi connectivity index (χ1v) is 7.33. The van der Waals surface area contributed by atoms with E-state index in [1.807, 2.05) is 16.9 Å². The van der Waals surface area contributed by atoms with Crippen LogP contribution < -0.4 is 10.6 Å². The molecule has 2 rings (SSSR count). The predicted octanol–water partition coefficient (Wildman–Crippen LogP) is 2.34. The van der Waals surface area contributed by atoms with Crippen LogP contribution in [0.3, 0.4) is 0 Å². The molecule has 0 fully saturated rings. The van der Waals surface area contributed by atoms with Gasteiger partial charge < -0.3 is 10.6 Å². The molecule has 0 aliphatic carbocycles. The van der Waals surface area contributed by atoms with Crippen LogP contribution in [0.15, 0.2) is 47.7 Å². The third-order valence-corrected chi connectivity index (χ3v) is 2.89. The maximum Gasteiger partial charge on any atom is 0.191 e. The second-order valence-corrected chi connectivity index (χ2v) is 5.11. The highest BCUT2D eigenvalue weighted by Crippen LogP contribution is 2.09. The molecule has 0 aliphatic heterocycles. The standard InChI is InChI=1S/C16H23N5/c1-4-17-16(20-13(2)3)18-12-14-6-8-15(9-7-14)21-11-5-10-19-21/h5-11,13H,4,12H2,1-3H3,(H2,17,18,20). The van der Waals surface area contributed by atoms with Gasteiger partial charge in [0.1, 0.15) is 0 Å². The second kappa shape index (κ2) is 7.47. The molecule has 0 saturated heterocycles. The number of rotatable bonds is 5. The van der Waals surface area contributed by atoms with E-state index in [1.165, 1.54) is 5.56 Å². The minimum Gasteiger partial charge on any atom is -0.357 e. The third kappa shape index (κ3) is 4.63. The van der Waals surface area contributed by atoms with Gasteiger partial charge in [-0.2, -0.15) is 5.10 Å². The number of nitrogens with one attached hydrogen (secondary N) is 2. The number of guanidine groups is 1. The Morgan fingerprint density at radius 3 is 2.62 bits per heavy atom. The van der Waals surface area contributed by atoms with Crippen molar-refractivity contribution >= 4 is 5.96 Å². The molecule has 1 aromatic carbocycles. The molecular formula is C16H23N5. The first-order chi connectivity index (χ1) is 10.2. The summed E-state index contributed by atoms with van der Waals surface area (Å²) in [7, 11) is 0. The van der Waals surface area contributed by atoms with Gasteiger partial charge in [0.05, 0.1) is 12.2 Å². The summed E-state index contributed by atoms with van der Waals surface area (Å²) in [5.74, 6) is 0.851. The molecule has 5 nitrogen and oxygen atoms in total. The zero-order valence-corrected chi connectivity index (χ0v) is 12.9. The molecule has 1 heterocycles. The zero-order chi connectivity index (χ0) is 15.1. The van der Waals surface area contributed by atoms with Crippen LogP contribution in [0.25, 0.3) is 5.69 Å². The van der Waals surface area contributed by atoms with Gasteiger partial charge in [-0.25, -0.2) is 9.67 Å². The van der Waals surface area contributed by atoms with Crippen molar-refractivity contribution < 1.29 is 0 Å². The van der Waals surface area contributed by atoms with Gasteiger partial charge in [0.15, 0.2) is 5.96 Å². The van der Waals surface area contributed by atoms with Crippen molar-refractivity contribution in [1.29, 1.82) is 0 Å². The lowest BCUT2D eigenvalue weighted by molar-refractivity contribution is 0.700. The molecule has 0 atom stereocenters. The molecule has 5 heteroatoms. The monoisotopic (exact) mass is 285 g/mol. The Morgan fingerprint density at radius 1 is 1.29 bits per heavy atom. The van der Waals surface area contributed by atoms with Crippen molar-refractivity contribution in [3.05, 3.63) is 48.3 Å². The van der Waals surface area contributed by atoms with Gasteiger partial charge in [0.2, 0.25) is 0 Å². The zero-order valence-electron chi connectivity index (χ0n) is 12.9. The van der Waals surface area contributed by atoms with Crippen LogP contribution in [0.2, 0.25) is 0 Å². The Bertz CT molecular complexity index is 555. The van der Waals surface area contributed by atoms with E-state index in [0.29, 0.717) is 12.6 Å². The summed E-state index contributed by atoms with van der Waals surface area (Å²) in [5.41, 5.74) is 2.23. The molecule has 0 amide bonds. The Hall–Kier alpha value is -2.30. The molecule has 0 bridgehead atoms. The quantitative estimate of drug-likeness (QED) is 0.655. The van der Waals surface area contributed by atoms with Crippen LogP contribution in [0.4, 0.5) is 0 Å². The number of hydrogen-bond donors (Lipinski definition) is 2. The number of aromatic nitrogens is 2. The van der Waals surface area contributed by atoms with E-state index in [9.17, 15) is 0 Å². The molecule has 0 spiro atoms. The maximum atomic E-state index is 4.59. The lowest BCUT2D eigenvalue weighted by Gasteiger charge is -2.14. The Morgan fingerprint density at radius 2 is 2.05 bits per heavy atom. The molecule has 2 N–H and O–H groups in total. The SMILES string of the molecule is CCNC(=NCc1ccc(-n2cccn2)cc1)NC(C)C. The van der Waals surface area contributed by atoms with Crippen molar-refractivity contribution in [2.75, 3.05) is 6.54 Å². The number of nitrogens with zero attached hydrogens (tertiary/aromatic N) is 3. The fraction of sp³-hybridized carbons (Fsp3) is 0.375. The van der Waals surface area contributed by atoms with Crippen molar-refractivity contribution in [2.24, 2.45) is 4.99 Å². The normalized spacial score (nSPS) is 11.7. The molecule has 1 aromatic heterocycles. The van der Waals surface area contributed by atoms with E-state index in [-0.39, 0.29) is 0 Å². The van der Waals surface area contributed by atoms with Crippen LogP contribution in [0.5, 0.6) is 0 Å². The molecule has 112 valence electrons. The summed E-state index contributed by atoms with van der Waals surface area (Å²) in [4.78, 5) is 4.59. The summed E-state index contributed by atoms with van der Waals surface area (Å²) in [6.45, 7) is 7.78. The second-order valence-electron chi connectivity index (χ2n) is 5.11. The molecule has 0 saturated carbocycles. The highest BCUT2D eigenvalue weighted by molar-refractivity contribution is 5.79. The fourth-order valence-electron chi connectivity index (χ4n) is 1.94. The number of aliphatic imine (C=N–C) groups is 1. The summed E-state index contributed by atoms with van der Waals surface area (Å²) in [6, 6.07) is 10.6. The Balaban J connectivity index is 2.02. The minimum absolute atomic E-state index is 0.366. The average Bonchev–Trinajstić information content (AvgIpc) is 2.99. The van der Waals surface area contributed by atoms with Crippen LogP contribution in [0, 0.1) is 0 Å². The van der Waals surface area contributed by atoms with Crippen molar-refractivity contribution in [2.45, 2.75) is 33.4 Å². The van der Waals surface area contributed by atoms with Gasteiger partial charge in [-0.3, -0.25) is 0 Å². The summed E-state index contributed by atoms with van der Waals surface area (Å²) in [5, 5.41) is 10.8. The van der Waals surface area contributed by atoms with E-state index in [1.54, 1.807) is 6.20 Å². The summed E-state index contributed by atoms with van der Waals surface area (Å²) >= 11 is 0. The van der Waals surface area contributed by atoms with Gasteiger partial charge in [-0.15, -0.1) is 0 Å². The lowest BCUT2D eigenvalue weighted by Crippen LogP contribution is -2.40. The largest absolute Gasteiger partial charge is 0.357 e. The van der Waals surface area contributed by atoms with Crippen LogP contribution in [0.1, 0.15) is 26.3 Å². The molecule has 0 radical (unpaired) electrons. The van der Waals surface area contributed by atoms with Crippen LogP contribution >= 0.6 is 0 Å². The van der Waals surface area contributed by atoms with Gasteiger partial charge >= 0.3 is 0 Å². The van der Waals surface area contributed by atoms with E-state index < -0.39 is 0 Å². The van der Waals surface area contributed by atoms with Gasteiger partial charge in [-0.05, 0) is 44.5 Å². The molecule has 21 heavy (non-hydrogen) atoms. The lowest BCUT2D eigenvalue weighted by atomic mass is 10.2. The van der Waals surface area contributed by atoms with E-state index in [4.69, 9.17) is 0 Å². The number of hydrogen-bond acceptors (Lipinski definition) is 2.